The highest BCUT2D eigenvalue weighted by atomic mass is 16.5. The zero-order chi connectivity index (χ0) is 16.9. The fraction of sp³-hybridized carbons (Fsp3) is 0.650. The van der Waals surface area contributed by atoms with Crippen molar-refractivity contribution < 1.29 is 14.3 Å². The Bertz CT molecular complexity index is 538. The van der Waals surface area contributed by atoms with Crippen molar-refractivity contribution in [1.29, 1.82) is 0 Å². The molecule has 2 saturated heterocycles. The predicted molar refractivity (Wildman–Crippen MR) is 94.4 cm³/mol. The number of hydrogen-bond donors (Lipinski definition) is 0. The van der Waals surface area contributed by atoms with Gasteiger partial charge in [0.1, 0.15) is 5.75 Å². The van der Waals surface area contributed by atoms with E-state index in [9.17, 15) is 4.79 Å². The molecule has 2 aliphatic heterocycles. The van der Waals surface area contributed by atoms with Crippen LogP contribution in [-0.4, -0.2) is 42.7 Å². The molecule has 0 bridgehead atoms. The first kappa shape index (κ1) is 17.3. The monoisotopic (exact) mass is 331 g/mol. The van der Waals surface area contributed by atoms with Gasteiger partial charge in [-0.1, -0.05) is 6.42 Å². The highest BCUT2D eigenvalue weighted by Crippen LogP contribution is 2.31. The van der Waals surface area contributed by atoms with Gasteiger partial charge in [-0.15, -0.1) is 0 Å². The fourth-order valence-electron chi connectivity index (χ4n) is 3.98. The van der Waals surface area contributed by atoms with Crippen LogP contribution >= 0.6 is 0 Å². The summed E-state index contributed by atoms with van der Waals surface area (Å²) in [5, 5.41) is 0. The number of piperidine rings is 2. The molecule has 3 rings (SSSR count). The standard InChI is InChI=1S/C20H29NO3/c1-15(2)24-18-10-8-16(9-11-18)20(22)23-14-17-6-5-13-21-12-4-3-7-19(17)21/h8-11,15,17,19H,3-7,12-14H2,1-2H3/t17-,19-/m0/s1. The minimum atomic E-state index is -0.223. The van der Waals surface area contributed by atoms with E-state index in [4.69, 9.17) is 9.47 Å². The molecular formula is C20H29NO3. The third-order valence-electron chi connectivity index (χ3n) is 5.12. The maximum Gasteiger partial charge on any atom is 0.338 e. The van der Waals surface area contributed by atoms with Crippen LogP contribution in [0.25, 0.3) is 0 Å². The Labute approximate surface area is 145 Å². The van der Waals surface area contributed by atoms with Gasteiger partial charge in [-0.25, -0.2) is 4.79 Å². The maximum atomic E-state index is 12.3. The van der Waals surface area contributed by atoms with E-state index >= 15 is 0 Å². The van der Waals surface area contributed by atoms with Crippen LogP contribution in [0.5, 0.6) is 5.75 Å². The summed E-state index contributed by atoms with van der Waals surface area (Å²) >= 11 is 0. The molecule has 24 heavy (non-hydrogen) atoms. The van der Waals surface area contributed by atoms with Crippen molar-refractivity contribution in [1.82, 2.24) is 4.90 Å². The Balaban J connectivity index is 1.53. The molecule has 1 aromatic carbocycles. The molecule has 132 valence electrons. The van der Waals surface area contributed by atoms with Crippen molar-refractivity contribution in [3.05, 3.63) is 29.8 Å². The second-order valence-electron chi connectivity index (χ2n) is 7.29. The van der Waals surface area contributed by atoms with Crippen LogP contribution in [0.15, 0.2) is 24.3 Å². The third-order valence-corrected chi connectivity index (χ3v) is 5.12. The quantitative estimate of drug-likeness (QED) is 0.767. The molecule has 4 nitrogen and oxygen atoms in total. The summed E-state index contributed by atoms with van der Waals surface area (Å²) in [4.78, 5) is 14.9. The molecule has 1 aromatic rings. The Morgan fingerprint density at radius 3 is 2.62 bits per heavy atom. The molecule has 0 amide bonds. The second-order valence-corrected chi connectivity index (χ2v) is 7.29. The fourth-order valence-corrected chi connectivity index (χ4v) is 3.98. The topological polar surface area (TPSA) is 38.8 Å². The van der Waals surface area contributed by atoms with Gasteiger partial charge >= 0.3 is 5.97 Å². The van der Waals surface area contributed by atoms with Gasteiger partial charge in [0, 0.05) is 12.0 Å². The minimum absolute atomic E-state index is 0.132. The SMILES string of the molecule is CC(C)Oc1ccc(C(=O)OC[C@@H]2CCCN3CCCC[C@@H]23)cc1. The number of ether oxygens (including phenoxy) is 2. The Hall–Kier alpha value is -1.55. The normalized spacial score (nSPS) is 24.5. The van der Waals surface area contributed by atoms with Crippen molar-refractivity contribution in [2.45, 2.75) is 58.1 Å². The van der Waals surface area contributed by atoms with Gasteiger partial charge in [-0.05, 0) is 76.9 Å². The van der Waals surface area contributed by atoms with E-state index in [1.54, 1.807) is 12.1 Å². The van der Waals surface area contributed by atoms with E-state index in [1.807, 2.05) is 26.0 Å². The number of hydrogen-bond acceptors (Lipinski definition) is 4. The molecule has 4 heteroatoms. The van der Waals surface area contributed by atoms with Crippen molar-refractivity contribution in [2.75, 3.05) is 19.7 Å². The van der Waals surface area contributed by atoms with Crippen LogP contribution in [0.3, 0.4) is 0 Å². The van der Waals surface area contributed by atoms with Crippen LogP contribution in [-0.2, 0) is 4.74 Å². The van der Waals surface area contributed by atoms with Gasteiger partial charge in [0.2, 0.25) is 0 Å². The summed E-state index contributed by atoms with van der Waals surface area (Å²) in [7, 11) is 0. The van der Waals surface area contributed by atoms with Gasteiger partial charge in [-0.2, -0.15) is 0 Å². The molecule has 0 radical (unpaired) electrons. The molecule has 0 unspecified atom stereocenters. The van der Waals surface area contributed by atoms with Crippen LogP contribution in [0, 0.1) is 5.92 Å². The molecule has 0 aliphatic carbocycles. The number of carbonyl (C=O) groups is 1. The van der Waals surface area contributed by atoms with Crippen LogP contribution in [0.4, 0.5) is 0 Å². The zero-order valence-corrected chi connectivity index (χ0v) is 14.9. The van der Waals surface area contributed by atoms with Crippen molar-refractivity contribution in [2.24, 2.45) is 5.92 Å². The summed E-state index contributed by atoms with van der Waals surface area (Å²) in [5.74, 6) is 1.05. The average Bonchev–Trinajstić information content (AvgIpc) is 2.59. The molecule has 2 heterocycles. The maximum absolute atomic E-state index is 12.3. The summed E-state index contributed by atoms with van der Waals surface area (Å²) in [6, 6.07) is 7.85. The molecule has 0 N–H and O–H groups in total. The molecular weight excluding hydrogens is 302 g/mol. The lowest BCUT2D eigenvalue weighted by Crippen LogP contribution is -2.49. The zero-order valence-electron chi connectivity index (χ0n) is 14.9. The summed E-state index contributed by atoms with van der Waals surface area (Å²) in [5.41, 5.74) is 0.599. The van der Waals surface area contributed by atoms with E-state index in [2.05, 4.69) is 4.90 Å². The molecule has 2 atom stereocenters. The highest BCUT2D eigenvalue weighted by Gasteiger charge is 2.33. The molecule has 2 aliphatic rings. The van der Waals surface area contributed by atoms with Crippen LogP contribution in [0.2, 0.25) is 0 Å². The van der Waals surface area contributed by atoms with Crippen molar-refractivity contribution in [3.63, 3.8) is 0 Å². The first-order valence-corrected chi connectivity index (χ1v) is 9.31. The van der Waals surface area contributed by atoms with E-state index < -0.39 is 0 Å². The van der Waals surface area contributed by atoms with Gasteiger partial charge < -0.3 is 9.47 Å². The lowest BCUT2D eigenvalue weighted by Gasteiger charge is -2.44. The largest absolute Gasteiger partial charge is 0.491 e. The van der Waals surface area contributed by atoms with Gasteiger partial charge in [0.05, 0.1) is 18.3 Å². The Morgan fingerprint density at radius 2 is 1.88 bits per heavy atom. The highest BCUT2D eigenvalue weighted by molar-refractivity contribution is 5.89. The predicted octanol–water partition coefficient (Wildman–Crippen LogP) is 3.90. The minimum Gasteiger partial charge on any atom is -0.491 e. The molecule has 0 aromatic heterocycles. The molecule has 2 fully saturated rings. The summed E-state index contributed by atoms with van der Waals surface area (Å²) < 4.78 is 11.2. The van der Waals surface area contributed by atoms with Gasteiger partial charge in [0.15, 0.2) is 0 Å². The lowest BCUT2D eigenvalue weighted by atomic mass is 9.84. The number of esters is 1. The number of carbonyl (C=O) groups excluding carboxylic acids is 1. The van der Waals surface area contributed by atoms with Gasteiger partial charge in [0.25, 0.3) is 0 Å². The summed E-state index contributed by atoms with van der Waals surface area (Å²) in [6.07, 6.45) is 6.41. The number of benzene rings is 1. The van der Waals surface area contributed by atoms with Crippen molar-refractivity contribution >= 4 is 5.97 Å². The Kier molecular flexibility index (Phi) is 5.77. The third kappa shape index (κ3) is 4.29. The van der Waals surface area contributed by atoms with Crippen LogP contribution < -0.4 is 4.74 Å². The van der Waals surface area contributed by atoms with Gasteiger partial charge in [-0.3, -0.25) is 4.90 Å². The van der Waals surface area contributed by atoms with E-state index in [0.717, 1.165) is 5.75 Å². The molecule has 0 spiro atoms. The van der Waals surface area contributed by atoms with Crippen molar-refractivity contribution in [3.8, 4) is 5.75 Å². The van der Waals surface area contributed by atoms with E-state index in [-0.39, 0.29) is 12.1 Å². The Morgan fingerprint density at radius 1 is 1.12 bits per heavy atom. The van der Waals surface area contributed by atoms with E-state index in [1.165, 1.54) is 45.2 Å². The molecule has 0 saturated carbocycles. The first-order chi connectivity index (χ1) is 11.6. The number of fused-ring (bicyclic) bond motifs is 1. The lowest BCUT2D eigenvalue weighted by molar-refractivity contribution is 0.00739. The van der Waals surface area contributed by atoms with Crippen LogP contribution in [0.1, 0.15) is 56.3 Å². The smallest absolute Gasteiger partial charge is 0.338 e. The average molecular weight is 331 g/mol. The summed E-state index contributed by atoms with van der Waals surface area (Å²) in [6.45, 7) is 6.95. The second kappa shape index (κ2) is 8.02. The number of nitrogens with zero attached hydrogens (tertiary/aromatic N) is 1. The first-order valence-electron chi connectivity index (χ1n) is 9.31. The van der Waals surface area contributed by atoms with E-state index in [0.29, 0.717) is 24.1 Å². The number of rotatable bonds is 5.